The number of nitrogens with zero attached hydrogens (tertiary/aromatic N) is 4. The third kappa shape index (κ3) is 7.89. The molecule has 2 aromatic heterocycles. The van der Waals surface area contributed by atoms with Crippen molar-refractivity contribution < 1.29 is 33.6 Å². The second-order valence-electron chi connectivity index (χ2n) is 8.25. The fraction of sp³-hybridized carbons (Fsp3) is 0.444. The maximum absolute atomic E-state index is 13.2. The number of halogens is 1. The lowest BCUT2D eigenvalue weighted by Gasteiger charge is -2.31. The van der Waals surface area contributed by atoms with Crippen LogP contribution in [0.3, 0.4) is 0 Å². The molecule has 12 nitrogen and oxygen atoms in total. The average Bonchev–Trinajstić information content (AvgIpc) is 3.37. The summed E-state index contributed by atoms with van der Waals surface area (Å²) in [5.74, 6) is 0.975. The molecular weight excluding hydrogens is 542 g/mol. The van der Waals surface area contributed by atoms with Gasteiger partial charge in [-0.15, -0.1) is 12.3 Å². The third-order valence-electron chi connectivity index (χ3n) is 5.48. The molecule has 0 saturated carbocycles. The van der Waals surface area contributed by atoms with Gasteiger partial charge in [-0.1, -0.05) is 30.3 Å². The van der Waals surface area contributed by atoms with E-state index in [1.165, 1.54) is 6.33 Å². The first-order valence-electron chi connectivity index (χ1n) is 12.5. The number of benzene rings is 1. The maximum atomic E-state index is 13.2. The van der Waals surface area contributed by atoms with E-state index in [1.807, 2.05) is 6.07 Å². The zero-order valence-corrected chi connectivity index (χ0v) is 23.6. The summed E-state index contributed by atoms with van der Waals surface area (Å²) in [5.41, 5.74) is 5.24. The van der Waals surface area contributed by atoms with Gasteiger partial charge in [0.05, 0.1) is 38.7 Å². The number of nitrogen functional groups attached to an aromatic ring is 1. The Kier molecular flexibility index (Phi) is 12.8. The van der Waals surface area contributed by atoms with Crippen LogP contribution in [0.1, 0.15) is 39.0 Å². The van der Waals surface area contributed by atoms with Crippen LogP contribution < -0.4 is 5.73 Å². The van der Waals surface area contributed by atoms with Crippen molar-refractivity contribution >= 4 is 40.5 Å². The smallest absolute Gasteiger partial charge is 0.350 e. The Hall–Kier alpha value is -3.76. The van der Waals surface area contributed by atoms with Crippen molar-refractivity contribution in [3.63, 3.8) is 0 Å². The third-order valence-corrected chi connectivity index (χ3v) is 5.65. The summed E-state index contributed by atoms with van der Waals surface area (Å²) in [7, 11) is 1.00. The van der Waals surface area contributed by atoms with E-state index in [-0.39, 0.29) is 43.8 Å². The maximum Gasteiger partial charge on any atom is 0.350 e. The molecule has 0 aliphatic heterocycles. The van der Waals surface area contributed by atoms with Gasteiger partial charge in [0, 0.05) is 13.5 Å². The van der Waals surface area contributed by atoms with Crippen molar-refractivity contribution in [3.8, 4) is 12.3 Å². The van der Waals surface area contributed by atoms with E-state index < -0.39 is 29.9 Å². The highest BCUT2D eigenvalue weighted by Gasteiger charge is 2.51. The van der Waals surface area contributed by atoms with Crippen molar-refractivity contribution in [2.75, 3.05) is 32.7 Å². The molecule has 3 aromatic rings. The van der Waals surface area contributed by atoms with Crippen LogP contribution in [0.4, 0.5) is 5.82 Å². The molecule has 3 rings (SSSR count). The van der Waals surface area contributed by atoms with Gasteiger partial charge in [-0.3, -0.25) is 4.57 Å². The van der Waals surface area contributed by atoms with Gasteiger partial charge in [0.2, 0.25) is 5.28 Å². The lowest BCUT2D eigenvalue weighted by molar-refractivity contribution is -0.196. The molecule has 2 heterocycles. The van der Waals surface area contributed by atoms with Gasteiger partial charge in [0.1, 0.15) is 11.7 Å². The molecule has 2 atom stereocenters. The lowest BCUT2D eigenvalue weighted by atomic mass is 9.94. The molecule has 13 heteroatoms. The van der Waals surface area contributed by atoms with E-state index in [9.17, 15) is 9.59 Å². The first-order chi connectivity index (χ1) is 19.2. The molecule has 1 aromatic carbocycles. The van der Waals surface area contributed by atoms with E-state index in [4.69, 9.17) is 47.8 Å². The van der Waals surface area contributed by atoms with Crippen LogP contribution in [-0.2, 0) is 35.0 Å². The van der Waals surface area contributed by atoms with Gasteiger partial charge in [-0.05, 0) is 37.9 Å². The quantitative estimate of drug-likeness (QED) is 0.133. The molecule has 0 radical (unpaired) electrons. The number of nitrogens with two attached hydrogens (primary N) is 1. The van der Waals surface area contributed by atoms with Crippen molar-refractivity contribution in [2.45, 2.75) is 51.5 Å². The van der Waals surface area contributed by atoms with Gasteiger partial charge < -0.3 is 29.8 Å². The van der Waals surface area contributed by atoms with Crippen LogP contribution in [0.2, 0.25) is 5.28 Å². The highest BCUT2D eigenvalue weighted by molar-refractivity contribution is 6.28. The molecular formula is C27H34ClN5O7. The number of aliphatic hydroxyl groups is 1. The summed E-state index contributed by atoms with van der Waals surface area (Å²) in [6, 6.07) is 8.98. The number of esters is 2. The number of terminal acetylenes is 1. The zero-order chi connectivity index (χ0) is 29.7. The molecule has 0 spiro atoms. The average molecular weight is 576 g/mol. The number of aromatic nitrogens is 4. The Bertz CT molecular complexity index is 1280. The molecule has 0 bridgehead atoms. The Balaban J connectivity index is 0.00000274. The van der Waals surface area contributed by atoms with Gasteiger partial charge >= 0.3 is 11.9 Å². The number of carbonyl (C=O) groups excluding carboxylic acids is 2. The summed E-state index contributed by atoms with van der Waals surface area (Å²) >= 11 is 5.99. The van der Waals surface area contributed by atoms with Crippen molar-refractivity contribution in [1.29, 1.82) is 0 Å². The molecule has 40 heavy (non-hydrogen) atoms. The van der Waals surface area contributed by atoms with Gasteiger partial charge in [-0.25, -0.2) is 14.6 Å². The SMILES string of the molecule is C#CCC(OC(C)COC(Cc1ccccc1)(C(=O)OCC)C(=O)OCC)n1cnc2c(N)nc(Cl)nc21.CO. The van der Waals surface area contributed by atoms with E-state index in [0.29, 0.717) is 16.7 Å². The second-order valence-corrected chi connectivity index (χ2v) is 8.59. The minimum absolute atomic E-state index is 0.0513. The summed E-state index contributed by atoms with van der Waals surface area (Å²) in [4.78, 5) is 38.7. The molecule has 216 valence electrons. The molecule has 3 N–H and O–H groups in total. The van der Waals surface area contributed by atoms with E-state index in [0.717, 1.165) is 7.11 Å². The van der Waals surface area contributed by atoms with Gasteiger partial charge in [0.25, 0.3) is 5.60 Å². The predicted octanol–water partition coefficient (Wildman–Crippen LogP) is 2.72. The van der Waals surface area contributed by atoms with Crippen LogP contribution in [0.5, 0.6) is 0 Å². The van der Waals surface area contributed by atoms with E-state index in [2.05, 4.69) is 20.9 Å². The fourth-order valence-electron chi connectivity index (χ4n) is 3.78. The second kappa shape index (κ2) is 15.7. The fourth-order valence-corrected chi connectivity index (χ4v) is 3.95. The number of carbonyl (C=O) groups is 2. The molecule has 0 fully saturated rings. The molecule has 2 unspecified atom stereocenters. The number of ether oxygens (including phenoxy) is 4. The topological polar surface area (TPSA) is 161 Å². The first-order valence-corrected chi connectivity index (χ1v) is 12.8. The highest BCUT2D eigenvalue weighted by atomic mass is 35.5. The predicted molar refractivity (Wildman–Crippen MR) is 148 cm³/mol. The van der Waals surface area contributed by atoms with Crippen LogP contribution in [-0.4, -0.2) is 75.2 Å². The number of fused-ring (bicyclic) bond motifs is 1. The zero-order valence-electron chi connectivity index (χ0n) is 22.9. The van der Waals surface area contributed by atoms with E-state index >= 15 is 0 Å². The Morgan fingerprint density at radius 3 is 2.35 bits per heavy atom. The largest absolute Gasteiger partial charge is 0.463 e. The molecule has 0 saturated heterocycles. The Morgan fingerprint density at radius 1 is 1.15 bits per heavy atom. The highest BCUT2D eigenvalue weighted by Crippen LogP contribution is 2.27. The van der Waals surface area contributed by atoms with Crippen LogP contribution in [0.25, 0.3) is 11.2 Å². The number of imidazole rings is 1. The van der Waals surface area contributed by atoms with Crippen molar-refractivity contribution in [3.05, 3.63) is 47.5 Å². The molecule has 0 aliphatic rings. The molecule has 0 amide bonds. The summed E-state index contributed by atoms with van der Waals surface area (Å²) < 4.78 is 24.3. The number of hydrogen-bond acceptors (Lipinski definition) is 11. The van der Waals surface area contributed by atoms with Crippen molar-refractivity contribution in [2.24, 2.45) is 0 Å². The Morgan fingerprint density at radius 2 is 1.77 bits per heavy atom. The summed E-state index contributed by atoms with van der Waals surface area (Å²) in [6.45, 7) is 4.93. The minimum Gasteiger partial charge on any atom is -0.463 e. The van der Waals surface area contributed by atoms with Crippen LogP contribution in [0, 0.1) is 12.3 Å². The van der Waals surface area contributed by atoms with Gasteiger partial charge in [0.15, 0.2) is 11.5 Å². The van der Waals surface area contributed by atoms with E-state index in [1.54, 1.807) is 49.6 Å². The number of hydrogen-bond donors (Lipinski definition) is 2. The normalized spacial score (nSPS) is 12.5. The van der Waals surface area contributed by atoms with Crippen LogP contribution >= 0.6 is 11.6 Å². The first kappa shape index (κ1) is 32.5. The standard InChI is InChI=1S/C26H30ClN5O6.CH4O/c1-5-11-19(32-16-29-20-21(28)30-25(27)31-22(20)32)38-17(4)15-37-26(23(33)35-6-2,24(34)36-7-3)14-18-12-9-8-10-13-18;1-2/h1,8-10,12-13,16-17,19H,6-7,11,14-15H2,2-4H3,(H2,28,30,31);2H,1H3. The number of aliphatic hydroxyl groups excluding tert-OH is 1. The van der Waals surface area contributed by atoms with Crippen LogP contribution in [0.15, 0.2) is 36.7 Å². The summed E-state index contributed by atoms with van der Waals surface area (Å²) in [5, 5.41) is 6.95. The molecule has 0 aliphatic carbocycles. The monoisotopic (exact) mass is 575 g/mol. The Labute approximate surface area is 237 Å². The van der Waals surface area contributed by atoms with Gasteiger partial charge in [-0.2, -0.15) is 9.97 Å². The van der Waals surface area contributed by atoms with Crippen molar-refractivity contribution in [1.82, 2.24) is 19.5 Å². The number of anilines is 1. The minimum atomic E-state index is -2.04. The number of rotatable bonds is 13. The summed E-state index contributed by atoms with van der Waals surface area (Å²) in [6.07, 6.45) is 5.72. The lowest BCUT2D eigenvalue weighted by Crippen LogP contribution is -2.54.